The van der Waals surface area contributed by atoms with Crippen molar-refractivity contribution in [2.24, 2.45) is 0 Å². The molecule has 2 aromatic heterocycles. The first-order chi connectivity index (χ1) is 22.6. The second-order valence-corrected chi connectivity index (χ2v) is 33.0. The molecule has 0 bridgehead atoms. The molecule has 50 heavy (non-hydrogen) atoms. The third-order valence-corrected chi connectivity index (χ3v) is 25.1. The van der Waals surface area contributed by atoms with Crippen molar-refractivity contribution in [3.05, 3.63) is 34.6 Å². The lowest BCUT2D eigenvalue weighted by Gasteiger charge is -2.44. The van der Waals surface area contributed by atoms with Crippen LogP contribution in [0, 0.1) is 0 Å². The van der Waals surface area contributed by atoms with Crippen LogP contribution in [0.5, 0.6) is 0 Å². The molecule has 0 spiro atoms. The lowest BCUT2D eigenvalue weighted by molar-refractivity contribution is -0.0462. The first kappa shape index (κ1) is 40.4. The molecule has 280 valence electrons. The number of nitrogen functional groups attached to an aromatic ring is 1. The van der Waals surface area contributed by atoms with Gasteiger partial charge in [-0.2, -0.15) is 4.98 Å². The monoisotopic (exact) mass is 744 g/mol. The van der Waals surface area contributed by atoms with Crippen molar-refractivity contribution >= 4 is 47.8 Å². The summed E-state index contributed by atoms with van der Waals surface area (Å²) < 4.78 is 30.8. The van der Waals surface area contributed by atoms with Crippen LogP contribution < -0.4 is 16.2 Å². The van der Waals surface area contributed by atoms with E-state index >= 15 is 0 Å². The highest BCUT2D eigenvalue weighted by Gasteiger charge is 2.55. The van der Waals surface area contributed by atoms with Crippen LogP contribution in [0.4, 0.5) is 11.6 Å². The molecule has 3 aromatic rings. The Morgan fingerprint density at radius 2 is 1.32 bits per heavy atom. The number of aromatic amines is 1. The van der Waals surface area contributed by atoms with E-state index in [4.69, 9.17) is 28.7 Å². The van der Waals surface area contributed by atoms with Gasteiger partial charge in [0.1, 0.15) is 24.1 Å². The number of nitrogens with one attached hydrogen (secondary N) is 1. The molecule has 3 N–H and O–H groups in total. The zero-order valence-electron chi connectivity index (χ0n) is 33.7. The number of hydrogen-bond donors (Lipinski definition) is 2. The van der Waals surface area contributed by atoms with Gasteiger partial charge in [-0.15, -0.1) is 0 Å². The lowest BCUT2D eigenvalue weighted by atomic mass is 10.1. The van der Waals surface area contributed by atoms with E-state index in [1.165, 1.54) is 0 Å². The zero-order valence-corrected chi connectivity index (χ0v) is 36.7. The Morgan fingerprint density at radius 1 is 0.820 bits per heavy atom. The molecule has 1 saturated heterocycles. The predicted molar refractivity (Wildman–Crippen MR) is 214 cm³/mol. The van der Waals surface area contributed by atoms with E-state index in [-0.39, 0.29) is 26.6 Å². The van der Waals surface area contributed by atoms with E-state index in [2.05, 4.69) is 112 Å². The molecule has 0 saturated carbocycles. The van der Waals surface area contributed by atoms with E-state index in [0.717, 1.165) is 11.3 Å². The number of rotatable bonds is 10. The van der Waals surface area contributed by atoms with Crippen LogP contribution >= 0.6 is 0 Å². The minimum atomic E-state index is -2.44. The molecule has 4 rings (SSSR count). The number of nitrogens with zero attached hydrogens (tertiary/aromatic N) is 4. The number of aromatic nitrogens is 4. The average Bonchev–Trinajstić information content (AvgIpc) is 3.47. The summed E-state index contributed by atoms with van der Waals surface area (Å²) in [7, 11) is -2.99. The van der Waals surface area contributed by atoms with Crippen molar-refractivity contribution < 1.29 is 18.0 Å². The van der Waals surface area contributed by atoms with Crippen LogP contribution in [0.3, 0.4) is 0 Å². The average molecular weight is 745 g/mol. The second-order valence-electron chi connectivity index (χ2n) is 18.7. The number of hydrogen-bond acceptors (Lipinski definition) is 9. The van der Waals surface area contributed by atoms with Crippen molar-refractivity contribution in [1.82, 2.24) is 19.5 Å². The lowest BCUT2D eigenvalue weighted by Crippen LogP contribution is -2.54. The number of nitrogens with two attached hydrogens (primary N) is 1. The molecule has 11 nitrogen and oxygen atoms in total. The highest BCUT2D eigenvalue weighted by atomic mass is 28.4. The third-order valence-electron chi connectivity index (χ3n) is 11.6. The molecule has 1 aliphatic rings. The van der Waals surface area contributed by atoms with Gasteiger partial charge in [-0.3, -0.25) is 14.3 Å². The number of H-pyrrole nitrogens is 1. The van der Waals surface area contributed by atoms with Gasteiger partial charge in [0.25, 0.3) is 5.56 Å². The summed E-state index contributed by atoms with van der Waals surface area (Å²) >= 11 is 0. The van der Waals surface area contributed by atoms with Crippen LogP contribution in [0.25, 0.3) is 22.6 Å². The predicted octanol–water partition coefficient (Wildman–Crippen LogP) is 8.13. The van der Waals surface area contributed by atoms with Gasteiger partial charge in [-0.25, -0.2) is 4.98 Å². The maximum absolute atomic E-state index is 13.4. The standard InChI is InChI=1S/C36H64N6O5Si3/c1-34(2,3)48(12,13)44-22-25-27(46-49(14,15)35(4,5)6)28(47-50(16,17)36(7,8)9)32(45-25)42-29(23-18-20-24(21-19-23)41(10)11)38-26-30(42)39-33(37)40-31(26)43/h18-21,25,27-28,32H,22H2,1-17H3,(H3,37,39,40,43)/t25-,27-,28-,32-/m1/s1. The van der Waals surface area contributed by atoms with E-state index in [1.54, 1.807) is 0 Å². The normalized spacial score (nSPS) is 21.3. The van der Waals surface area contributed by atoms with Crippen molar-refractivity contribution in [3.8, 4) is 11.4 Å². The minimum Gasteiger partial charge on any atom is -0.414 e. The first-order valence-electron chi connectivity index (χ1n) is 17.8. The number of benzene rings is 1. The van der Waals surface area contributed by atoms with Gasteiger partial charge >= 0.3 is 0 Å². The Hall–Kier alpha value is -2.34. The highest BCUT2D eigenvalue weighted by molar-refractivity contribution is 6.75. The van der Waals surface area contributed by atoms with Crippen molar-refractivity contribution in [1.29, 1.82) is 0 Å². The highest BCUT2D eigenvalue weighted by Crippen LogP contribution is 2.48. The van der Waals surface area contributed by atoms with Gasteiger partial charge in [0.2, 0.25) is 5.95 Å². The molecule has 1 aliphatic heterocycles. The maximum Gasteiger partial charge on any atom is 0.280 e. The summed E-state index contributed by atoms with van der Waals surface area (Å²) in [6.07, 6.45) is -2.22. The van der Waals surface area contributed by atoms with Crippen LogP contribution in [0.1, 0.15) is 68.5 Å². The third kappa shape index (κ3) is 8.01. The van der Waals surface area contributed by atoms with Crippen LogP contribution in [-0.2, 0) is 18.0 Å². The quantitative estimate of drug-likeness (QED) is 0.198. The van der Waals surface area contributed by atoms with Crippen molar-refractivity contribution in [3.63, 3.8) is 0 Å². The largest absolute Gasteiger partial charge is 0.414 e. The zero-order chi connectivity index (χ0) is 38.0. The molecule has 0 radical (unpaired) electrons. The summed E-state index contributed by atoms with van der Waals surface area (Å²) in [4.78, 5) is 27.6. The van der Waals surface area contributed by atoms with Gasteiger partial charge in [0.05, 0.1) is 6.61 Å². The SMILES string of the molecule is CN(C)c1ccc(-c2nc3c(=O)[nH]c(N)nc3n2[C@@H]2O[C@H](CO[Si](C)(C)C(C)(C)C)[C@@H](O[Si](C)(C)C(C)(C)C)[C@H]2O[Si](C)(C)C(C)(C)C)cc1. The molecular formula is C36H64N6O5Si3. The molecule has 3 heterocycles. The maximum atomic E-state index is 13.4. The molecule has 1 aromatic carbocycles. The van der Waals surface area contributed by atoms with E-state index in [1.807, 2.05) is 47.8 Å². The molecule has 0 unspecified atom stereocenters. The van der Waals surface area contributed by atoms with Crippen LogP contribution in [-0.4, -0.2) is 83.5 Å². The Labute approximate surface area is 303 Å². The number of imidazole rings is 1. The first-order valence-corrected chi connectivity index (χ1v) is 26.5. The Balaban J connectivity index is 2.01. The van der Waals surface area contributed by atoms with Crippen LogP contribution in [0.15, 0.2) is 29.1 Å². The molecule has 14 heteroatoms. The second kappa shape index (κ2) is 13.6. The molecular weight excluding hydrogens is 681 g/mol. The summed E-state index contributed by atoms with van der Waals surface area (Å²) in [6, 6.07) is 8.07. The number of anilines is 2. The molecule has 4 atom stereocenters. The fraction of sp³-hybridized carbons (Fsp3) is 0.694. The summed E-state index contributed by atoms with van der Waals surface area (Å²) in [5.41, 5.74) is 8.15. The van der Waals surface area contributed by atoms with Gasteiger partial charge in [0.15, 0.2) is 42.3 Å². The summed E-state index contributed by atoms with van der Waals surface area (Å²) in [5.74, 6) is 0.546. The molecule has 0 aliphatic carbocycles. The number of fused-ring (bicyclic) bond motifs is 1. The summed E-state index contributed by atoms with van der Waals surface area (Å²) in [5, 5.41) is -0.162. The van der Waals surface area contributed by atoms with Crippen molar-refractivity contribution in [2.75, 3.05) is 31.3 Å². The van der Waals surface area contributed by atoms with Crippen LogP contribution in [0.2, 0.25) is 54.4 Å². The van der Waals surface area contributed by atoms with Gasteiger partial charge in [0, 0.05) is 25.3 Å². The van der Waals surface area contributed by atoms with E-state index in [9.17, 15) is 4.79 Å². The molecule has 0 amide bonds. The van der Waals surface area contributed by atoms with E-state index in [0.29, 0.717) is 18.1 Å². The topological polar surface area (TPSA) is 130 Å². The van der Waals surface area contributed by atoms with Gasteiger partial charge < -0.3 is 28.6 Å². The fourth-order valence-corrected chi connectivity index (χ4v) is 8.83. The smallest absolute Gasteiger partial charge is 0.280 e. The fourth-order valence-electron chi connectivity index (χ4n) is 5.21. The minimum absolute atomic E-state index is 0.00454. The Bertz CT molecular complexity index is 1720. The Kier molecular flexibility index (Phi) is 11.0. The van der Waals surface area contributed by atoms with Gasteiger partial charge in [-0.1, -0.05) is 62.3 Å². The van der Waals surface area contributed by atoms with E-state index < -0.39 is 55.1 Å². The van der Waals surface area contributed by atoms with Gasteiger partial charge in [-0.05, 0) is 78.7 Å². The Morgan fingerprint density at radius 3 is 1.80 bits per heavy atom. The number of ether oxygens (including phenoxy) is 1. The summed E-state index contributed by atoms with van der Waals surface area (Å²) in [6.45, 7) is 34.0. The van der Waals surface area contributed by atoms with Crippen molar-refractivity contribution in [2.45, 2.75) is 141 Å². The molecule has 1 fully saturated rings.